The molecule has 1 heterocycles. The summed E-state index contributed by atoms with van der Waals surface area (Å²) in [6.07, 6.45) is 0.228. The summed E-state index contributed by atoms with van der Waals surface area (Å²) in [6, 6.07) is 0. The van der Waals surface area contributed by atoms with Crippen LogP contribution in [-0.2, 0) is 9.53 Å². The number of alkyl halides is 1. The zero-order valence-electron chi connectivity index (χ0n) is 8.29. The molecule has 1 saturated heterocycles. The van der Waals surface area contributed by atoms with Gasteiger partial charge in [0.05, 0.1) is 12.2 Å². The van der Waals surface area contributed by atoms with Crippen molar-refractivity contribution in [2.24, 2.45) is 0 Å². The van der Waals surface area contributed by atoms with Gasteiger partial charge in [0.25, 0.3) is 0 Å². The number of carbonyl (C=O) groups excluding carboxylic acids is 1. The Labute approximate surface area is 84.0 Å². The standard InChI is InChI=1S/C9H16ClNO2/c1-6-4-11(5-7(2)13-6)9(12)8(3)10/h6-8H,4-5H2,1-3H3/t6-,7-,8-/m0/s1. The van der Waals surface area contributed by atoms with Crippen LogP contribution >= 0.6 is 11.6 Å². The molecule has 0 N–H and O–H groups in total. The number of ether oxygens (including phenoxy) is 1. The minimum absolute atomic E-state index is 0.00340. The highest BCUT2D eigenvalue weighted by Gasteiger charge is 2.27. The summed E-state index contributed by atoms with van der Waals surface area (Å²) in [5.41, 5.74) is 0. The van der Waals surface area contributed by atoms with E-state index in [1.165, 1.54) is 0 Å². The lowest BCUT2D eigenvalue weighted by atomic mass is 10.2. The Morgan fingerprint density at radius 2 is 1.92 bits per heavy atom. The summed E-state index contributed by atoms with van der Waals surface area (Å²) in [7, 11) is 0. The Morgan fingerprint density at radius 1 is 1.46 bits per heavy atom. The molecule has 76 valence electrons. The first-order chi connectivity index (χ1) is 6.00. The molecule has 1 aliphatic rings. The molecule has 3 atom stereocenters. The molecule has 0 aromatic rings. The number of hydrogen-bond donors (Lipinski definition) is 0. The topological polar surface area (TPSA) is 29.5 Å². The van der Waals surface area contributed by atoms with Gasteiger partial charge in [-0.2, -0.15) is 0 Å². The average Bonchev–Trinajstić information content (AvgIpc) is 2.01. The minimum Gasteiger partial charge on any atom is -0.372 e. The monoisotopic (exact) mass is 205 g/mol. The lowest BCUT2D eigenvalue weighted by molar-refractivity contribution is -0.142. The molecule has 0 spiro atoms. The number of amides is 1. The Balaban J connectivity index is 2.55. The van der Waals surface area contributed by atoms with Gasteiger partial charge in [0.1, 0.15) is 5.38 Å². The smallest absolute Gasteiger partial charge is 0.240 e. The fraction of sp³-hybridized carbons (Fsp3) is 0.889. The first-order valence-corrected chi connectivity index (χ1v) is 5.02. The predicted molar refractivity (Wildman–Crippen MR) is 51.9 cm³/mol. The second kappa shape index (κ2) is 4.29. The quantitative estimate of drug-likeness (QED) is 0.603. The van der Waals surface area contributed by atoms with Gasteiger partial charge in [-0.1, -0.05) is 0 Å². The zero-order valence-corrected chi connectivity index (χ0v) is 9.04. The van der Waals surface area contributed by atoms with Crippen molar-refractivity contribution >= 4 is 17.5 Å². The maximum absolute atomic E-state index is 11.5. The van der Waals surface area contributed by atoms with Crippen molar-refractivity contribution in [1.29, 1.82) is 0 Å². The number of hydrogen-bond acceptors (Lipinski definition) is 2. The number of carbonyl (C=O) groups is 1. The van der Waals surface area contributed by atoms with Crippen LogP contribution in [-0.4, -0.2) is 41.5 Å². The molecule has 0 saturated carbocycles. The van der Waals surface area contributed by atoms with E-state index in [9.17, 15) is 4.79 Å². The average molecular weight is 206 g/mol. The van der Waals surface area contributed by atoms with Crippen LogP contribution in [0.5, 0.6) is 0 Å². The van der Waals surface area contributed by atoms with E-state index in [1.54, 1.807) is 11.8 Å². The van der Waals surface area contributed by atoms with Crippen LogP contribution < -0.4 is 0 Å². The summed E-state index contributed by atoms with van der Waals surface area (Å²) in [4.78, 5) is 13.3. The highest BCUT2D eigenvalue weighted by atomic mass is 35.5. The predicted octanol–water partition coefficient (Wildman–Crippen LogP) is 1.25. The number of halogens is 1. The van der Waals surface area contributed by atoms with Gasteiger partial charge in [-0.25, -0.2) is 0 Å². The van der Waals surface area contributed by atoms with Gasteiger partial charge < -0.3 is 9.64 Å². The molecular weight excluding hydrogens is 190 g/mol. The van der Waals surface area contributed by atoms with E-state index in [4.69, 9.17) is 16.3 Å². The van der Waals surface area contributed by atoms with Gasteiger partial charge in [0.2, 0.25) is 5.91 Å². The van der Waals surface area contributed by atoms with E-state index in [2.05, 4.69) is 0 Å². The normalized spacial score (nSPS) is 31.5. The van der Waals surface area contributed by atoms with Crippen LogP contribution in [0.25, 0.3) is 0 Å². The molecule has 0 aromatic carbocycles. The number of morpholine rings is 1. The van der Waals surface area contributed by atoms with Crippen molar-refractivity contribution < 1.29 is 9.53 Å². The van der Waals surface area contributed by atoms with Gasteiger partial charge in [0, 0.05) is 13.1 Å². The van der Waals surface area contributed by atoms with E-state index in [-0.39, 0.29) is 18.1 Å². The van der Waals surface area contributed by atoms with Crippen molar-refractivity contribution in [3.05, 3.63) is 0 Å². The Morgan fingerprint density at radius 3 is 2.31 bits per heavy atom. The lowest BCUT2D eigenvalue weighted by Crippen LogP contribution is -2.50. The maximum Gasteiger partial charge on any atom is 0.240 e. The minimum atomic E-state index is -0.433. The van der Waals surface area contributed by atoms with Gasteiger partial charge in [0.15, 0.2) is 0 Å². The second-order valence-electron chi connectivity index (χ2n) is 3.62. The van der Waals surface area contributed by atoms with E-state index in [0.29, 0.717) is 13.1 Å². The first kappa shape index (κ1) is 10.8. The molecule has 3 nitrogen and oxygen atoms in total. The maximum atomic E-state index is 11.5. The third-order valence-corrected chi connectivity index (χ3v) is 2.26. The van der Waals surface area contributed by atoms with E-state index < -0.39 is 5.38 Å². The number of nitrogens with zero attached hydrogens (tertiary/aromatic N) is 1. The third-order valence-electron chi connectivity index (χ3n) is 2.07. The lowest BCUT2D eigenvalue weighted by Gasteiger charge is -2.35. The van der Waals surface area contributed by atoms with Gasteiger partial charge in [-0.15, -0.1) is 11.6 Å². The first-order valence-electron chi connectivity index (χ1n) is 4.59. The van der Waals surface area contributed by atoms with Crippen LogP contribution in [0.2, 0.25) is 0 Å². The fourth-order valence-corrected chi connectivity index (χ4v) is 1.75. The molecule has 1 amide bonds. The van der Waals surface area contributed by atoms with Gasteiger partial charge in [-0.05, 0) is 20.8 Å². The van der Waals surface area contributed by atoms with Crippen molar-refractivity contribution in [3.63, 3.8) is 0 Å². The van der Waals surface area contributed by atoms with Crippen LogP contribution in [0.1, 0.15) is 20.8 Å². The molecule has 1 rings (SSSR count). The molecular formula is C9H16ClNO2. The van der Waals surface area contributed by atoms with Crippen LogP contribution in [0, 0.1) is 0 Å². The highest BCUT2D eigenvalue weighted by molar-refractivity contribution is 6.30. The largest absolute Gasteiger partial charge is 0.372 e. The van der Waals surface area contributed by atoms with Crippen molar-refractivity contribution in [1.82, 2.24) is 4.90 Å². The Kier molecular flexibility index (Phi) is 3.56. The van der Waals surface area contributed by atoms with E-state index in [1.807, 2.05) is 13.8 Å². The van der Waals surface area contributed by atoms with Crippen molar-refractivity contribution in [2.45, 2.75) is 38.4 Å². The second-order valence-corrected chi connectivity index (χ2v) is 4.27. The molecule has 1 fully saturated rings. The summed E-state index contributed by atoms with van der Waals surface area (Å²) < 4.78 is 5.51. The third kappa shape index (κ3) is 2.85. The number of rotatable bonds is 1. The molecule has 4 heteroatoms. The highest BCUT2D eigenvalue weighted by Crippen LogP contribution is 2.13. The molecule has 1 aliphatic heterocycles. The molecule has 0 bridgehead atoms. The van der Waals surface area contributed by atoms with Crippen LogP contribution in [0.15, 0.2) is 0 Å². The van der Waals surface area contributed by atoms with Crippen LogP contribution in [0.3, 0.4) is 0 Å². The molecule has 0 aromatic heterocycles. The van der Waals surface area contributed by atoms with Crippen LogP contribution in [0.4, 0.5) is 0 Å². The summed E-state index contributed by atoms with van der Waals surface area (Å²) in [6.45, 7) is 6.94. The molecule has 13 heavy (non-hydrogen) atoms. The zero-order chi connectivity index (χ0) is 10.0. The Hall–Kier alpha value is -0.280. The fourth-order valence-electron chi connectivity index (χ4n) is 1.61. The summed E-state index contributed by atoms with van der Waals surface area (Å²) >= 11 is 5.72. The Bertz CT molecular complexity index is 186. The van der Waals surface area contributed by atoms with Crippen molar-refractivity contribution in [3.8, 4) is 0 Å². The van der Waals surface area contributed by atoms with E-state index in [0.717, 1.165) is 0 Å². The summed E-state index contributed by atoms with van der Waals surface area (Å²) in [5.74, 6) is 0.00340. The van der Waals surface area contributed by atoms with Gasteiger partial charge in [-0.3, -0.25) is 4.79 Å². The molecule has 0 unspecified atom stereocenters. The molecule has 0 radical (unpaired) electrons. The summed E-state index contributed by atoms with van der Waals surface area (Å²) in [5, 5.41) is -0.433. The van der Waals surface area contributed by atoms with Gasteiger partial charge >= 0.3 is 0 Å². The molecule has 0 aliphatic carbocycles. The van der Waals surface area contributed by atoms with Crippen molar-refractivity contribution in [2.75, 3.05) is 13.1 Å². The SMILES string of the molecule is C[C@H](Cl)C(=O)N1C[C@H](C)O[C@@H](C)C1. The van der Waals surface area contributed by atoms with E-state index >= 15 is 0 Å².